The summed E-state index contributed by atoms with van der Waals surface area (Å²) in [5, 5.41) is 3.93. The maximum atomic E-state index is 12.9. The van der Waals surface area contributed by atoms with Crippen LogP contribution in [0.4, 0.5) is 5.95 Å². The van der Waals surface area contributed by atoms with Crippen LogP contribution < -0.4 is 10.9 Å². The molecule has 2 aromatic heterocycles. The van der Waals surface area contributed by atoms with Gasteiger partial charge in [0.25, 0.3) is 5.56 Å². The molecular formula is C18H21N3O2. The number of furan rings is 1. The predicted molar refractivity (Wildman–Crippen MR) is 91.9 cm³/mol. The quantitative estimate of drug-likeness (QED) is 0.803. The van der Waals surface area contributed by atoms with E-state index in [1.165, 1.54) is 0 Å². The van der Waals surface area contributed by atoms with Crippen molar-refractivity contribution >= 4 is 16.9 Å². The number of fused-ring (bicyclic) bond motifs is 1. The van der Waals surface area contributed by atoms with E-state index in [9.17, 15) is 4.79 Å². The van der Waals surface area contributed by atoms with Gasteiger partial charge in [-0.15, -0.1) is 0 Å². The van der Waals surface area contributed by atoms with Gasteiger partial charge in [-0.3, -0.25) is 9.36 Å². The van der Waals surface area contributed by atoms with Crippen LogP contribution in [-0.4, -0.2) is 15.1 Å². The number of nitrogens with one attached hydrogen (secondary N) is 1. The fourth-order valence-electron chi connectivity index (χ4n) is 2.47. The van der Waals surface area contributed by atoms with E-state index in [0.717, 1.165) is 11.5 Å². The summed E-state index contributed by atoms with van der Waals surface area (Å²) in [5.74, 6) is 2.11. The summed E-state index contributed by atoms with van der Waals surface area (Å²) in [6.45, 7) is 8.35. The minimum absolute atomic E-state index is 0.0728. The van der Waals surface area contributed by atoms with Crippen molar-refractivity contribution in [1.29, 1.82) is 0 Å². The van der Waals surface area contributed by atoms with Crippen molar-refractivity contribution in [3.05, 3.63) is 58.3 Å². The highest BCUT2D eigenvalue weighted by atomic mass is 16.3. The maximum Gasteiger partial charge on any atom is 0.263 e. The van der Waals surface area contributed by atoms with Crippen LogP contribution in [0.5, 0.6) is 0 Å². The molecule has 0 saturated carbocycles. The Balaban J connectivity index is 2.17. The van der Waals surface area contributed by atoms with Crippen LogP contribution in [0.25, 0.3) is 10.9 Å². The summed E-state index contributed by atoms with van der Waals surface area (Å²) in [6, 6.07) is 11.2. The highest BCUT2D eigenvalue weighted by Crippen LogP contribution is 2.17. The van der Waals surface area contributed by atoms with Crippen molar-refractivity contribution in [3.63, 3.8) is 0 Å². The van der Waals surface area contributed by atoms with Gasteiger partial charge in [0.15, 0.2) is 0 Å². The van der Waals surface area contributed by atoms with E-state index in [0.29, 0.717) is 23.4 Å². The van der Waals surface area contributed by atoms with E-state index in [-0.39, 0.29) is 11.1 Å². The monoisotopic (exact) mass is 311 g/mol. The molecule has 0 saturated heterocycles. The average Bonchev–Trinajstić information content (AvgIpc) is 2.87. The minimum Gasteiger partial charge on any atom is -0.464 e. The van der Waals surface area contributed by atoms with Gasteiger partial charge in [-0.05, 0) is 52.0 Å². The van der Waals surface area contributed by atoms with Gasteiger partial charge in [-0.1, -0.05) is 12.1 Å². The summed E-state index contributed by atoms with van der Waals surface area (Å²) in [5.41, 5.74) is 0.412. The molecule has 3 rings (SSSR count). The van der Waals surface area contributed by atoms with Crippen molar-refractivity contribution in [2.45, 2.75) is 39.8 Å². The fourth-order valence-corrected chi connectivity index (χ4v) is 2.47. The first-order valence-electron chi connectivity index (χ1n) is 7.66. The zero-order valence-electron chi connectivity index (χ0n) is 13.9. The average molecular weight is 311 g/mol. The molecule has 120 valence electrons. The largest absolute Gasteiger partial charge is 0.464 e. The summed E-state index contributed by atoms with van der Waals surface area (Å²) >= 11 is 0. The van der Waals surface area contributed by atoms with Gasteiger partial charge in [0.05, 0.1) is 17.4 Å². The Morgan fingerprint density at radius 2 is 1.91 bits per heavy atom. The van der Waals surface area contributed by atoms with Crippen LogP contribution in [0.2, 0.25) is 0 Å². The Morgan fingerprint density at radius 1 is 1.17 bits per heavy atom. The van der Waals surface area contributed by atoms with Gasteiger partial charge in [0.1, 0.15) is 11.5 Å². The Morgan fingerprint density at radius 3 is 2.57 bits per heavy atom. The fraction of sp³-hybridized carbons (Fsp3) is 0.333. The third kappa shape index (κ3) is 3.28. The molecule has 0 amide bonds. The van der Waals surface area contributed by atoms with Gasteiger partial charge in [-0.25, -0.2) is 4.98 Å². The molecule has 0 aliphatic rings. The van der Waals surface area contributed by atoms with Crippen molar-refractivity contribution in [2.75, 3.05) is 5.32 Å². The van der Waals surface area contributed by atoms with Crippen LogP contribution in [0.1, 0.15) is 32.3 Å². The summed E-state index contributed by atoms with van der Waals surface area (Å²) in [4.78, 5) is 17.5. The number of nitrogens with zero attached hydrogens (tertiary/aromatic N) is 2. The summed E-state index contributed by atoms with van der Waals surface area (Å²) in [6.07, 6.45) is 0. The first kappa shape index (κ1) is 15.3. The normalized spacial score (nSPS) is 11.8. The number of benzene rings is 1. The molecule has 2 heterocycles. The number of aryl methyl sites for hydroxylation is 1. The van der Waals surface area contributed by atoms with Gasteiger partial charge >= 0.3 is 0 Å². The van der Waals surface area contributed by atoms with Crippen LogP contribution in [0, 0.1) is 6.92 Å². The lowest BCUT2D eigenvalue weighted by Crippen LogP contribution is -2.33. The van der Waals surface area contributed by atoms with Crippen LogP contribution in [0.3, 0.4) is 0 Å². The maximum absolute atomic E-state index is 12.9. The van der Waals surface area contributed by atoms with Crippen LogP contribution in [-0.2, 0) is 6.54 Å². The Kier molecular flexibility index (Phi) is 3.72. The molecule has 0 unspecified atom stereocenters. The van der Waals surface area contributed by atoms with E-state index < -0.39 is 0 Å². The number of hydrogen-bond acceptors (Lipinski definition) is 4. The second-order valence-electron chi connectivity index (χ2n) is 6.73. The lowest BCUT2D eigenvalue weighted by atomic mass is 10.1. The van der Waals surface area contributed by atoms with Crippen molar-refractivity contribution < 1.29 is 4.42 Å². The van der Waals surface area contributed by atoms with Crippen LogP contribution >= 0.6 is 0 Å². The molecular weight excluding hydrogens is 290 g/mol. The number of aromatic nitrogens is 2. The zero-order chi connectivity index (χ0) is 16.6. The number of hydrogen-bond donors (Lipinski definition) is 1. The third-order valence-corrected chi connectivity index (χ3v) is 3.46. The van der Waals surface area contributed by atoms with Crippen molar-refractivity contribution in [3.8, 4) is 0 Å². The number of anilines is 1. The minimum atomic E-state index is -0.206. The lowest BCUT2D eigenvalue weighted by Gasteiger charge is -2.24. The molecule has 0 spiro atoms. The lowest BCUT2D eigenvalue weighted by molar-refractivity contribution is 0.466. The van der Waals surface area contributed by atoms with Gasteiger partial charge in [-0.2, -0.15) is 0 Å². The highest BCUT2D eigenvalue weighted by molar-refractivity contribution is 5.78. The molecule has 0 atom stereocenters. The van der Waals surface area contributed by atoms with Crippen molar-refractivity contribution in [2.24, 2.45) is 0 Å². The highest BCUT2D eigenvalue weighted by Gasteiger charge is 2.17. The molecule has 5 heteroatoms. The summed E-state index contributed by atoms with van der Waals surface area (Å²) in [7, 11) is 0. The van der Waals surface area contributed by atoms with Gasteiger partial charge in [0, 0.05) is 5.54 Å². The molecule has 1 aromatic carbocycles. The Hall–Kier alpha value is -2.56. The van der Waals surface area contributed by atoms with E-state index in [4.69, 9.17) is 4.42 Å². The molecule has 0 radical (unpaired) electrons. The molecule has 23 heavy (non-hydrogen) atoms. The molecule has 5 nitrogen and oxygen atoms in total. The van der Waals surface area contributed by atoms with Gasteiger partial charge in [0.2, 0.25) is 5.95 Å². The van der Waals surface area contributed by atoms with E-state index >= 15 is 0 Å². The first-order valence-corrected chi connectivity index (χ1v) is 7.66. The molecule has 1 N–H and O–H groups in total. The molecule has 0 aliphatic carbocycles. The second-order valence-corrected chi connectivity index (χ2v) is 6.73. The predicted octanol–water partition coefficient (Wildman–Crippen LogP) is 3.56. The van der Waals surface area contributed by atoms with E-state index in [1.807, 2.05) is 58.0 Å². The van der Waals surface area contributed by atoms with E-state index in [1.54, 1.807) is 10.6 Å². The van der Waals surface area contributed by atoms with Gasteiger partial charge < -0.3 is 9.73 Å². The molecule has 0 bridgehead atoms. The Labute approximate surface area is 135 Å². The molecule has 3 aromatic rings. The first-order chi connectivity index (χ1) is 10.8. The topological polar surface area (TPSA) is 60.1 Å². The third-order valence-electron chi connectivity index (χ3n) is 3.46. The number of rotatable bonds is 3. The van der Waals surface area contributed by atoms with Crippen molar-refractivity contribution in [1.82, 2.24) is 9.55 Å². The zero-order valence-corrected chi connectivity index (χ0v) is 13.9. The standard InChI is InChI=1S/C18H21N3O2/c1-12-9-10-13(23-12)11-21-16(22)14-7-5-6-8-15(14)19-17(21)20-18(2,3)4/h5-10H,11H2,1-4H3,(H,19,20). The van der Waals surface area contributed by atoms with Crippen LogP contribution in [0.15, 0.2) is 45.6 Å². The SMILES string of the molecule is Cc1ccc(Cn2c(NC(C)(C)C)nc3ccccc3c2=O)o1. The number of para-hydroxylation sites is 1. The molecule has 0 aliphatic heterocycles. The smallest absolute Gasteiger partial charge is 0.263 e. The Bertz CT molecular complexity index is 901. The summed E-state index contributed by atoms with van der Waals surface area (Å²) < 4.78 is 7.26. The second kappa shape index (κ2) is 5.57. The molecule has 0 fully saturated rings. The van der Waals surface area contributed by atoms with E-state index in [2.05, 4.69) is 10.3 Å².